The molecule has 0 aliphatic carbocycles. The molecule has 0 atom stereocenters. The fourth-order valence-corrected chi connectivity index (χ4v) is 2.66. The Bertz CT molecular complexity index is 553. The molecule has 0 aliphatic rings. The molecule has 0 heterocycles. The van der Waals surface area contributed by atoms with Gasteiger partial charge in [-0.3, -0.25) is 10.1 Å². The van der Waals surface area contributed by atoms with Crippen LogP contribution in [0.15, 0.2) is 29.2 Å². The van der Waals surface area contributed by atoms with Gasteiger partial charge in [-0.05, 0) is 19.9 Å². The minimum Gasteiger partial charge on any atom is -0.394 e. The first-order valence-electron chi connectivity index (χ1n) is 5.07. The minimum atomic E-state index is -3.90. The maximum Gasteiger partial charge on any atom is 0.270 e. The zero-order valence-corrected chi connectivity index (χ0v) is 10.8. The lowest BCUT2D eigenvalue weighted by molar-refractivity contribution is -0.385. The second-order valence-electron chi connectivity index (χ2n) is 4.40. The van der Waals surface area contributed by atoms with Gasteiger partial charge < -0.3 is 5.11 Å². The van der Waals surface area contributed by atoms with Gasteiger partial charge in [-0.2, -0.15) is 0 Å². The summed E-state index contributed by atoms with van der Waals surface area (Å²) in [6.45, 7) is 2.62. The Morgan fingerprint density at radius 1 is 1.44 bits per heavy atom. The van der Waals surface area contributed by atoms with Crippen molar-refractivity contribution in [1.29, 1.82) is 0 Å². The highest BCUT2D eigenvalue weighted by atomic mass is 32.2. The van der Waals surface area contributed by atoms with Crippen LogP contribution in [0.1, 0.15) is 13.8 Å². The van der Waals surface area contributed by atoms with Crippen molar-refractivity contribution in [1.82, 2.24) is 4.72 Å². The Balaban J connectivity index is 3.13. The summed E-state index contributed by atoms with van der Waals surface area (Å²) in [7, 11) is -3.90. The average Bonchev–Trinajstić information content (AvgIpc) is 2.28. The summed E-state index contributed by atoms with van der Waals surface area (Å²) in [5.41, 5.74) is -1.34. The first-order chi connectivity index (χ1) is 8.18. The van der Waals surface area contributed by atoms with Gasteiger partial charge in [0.15, 0.2) is 0 Å². The molecular formula is C10H14N2O5S. The molecule has 0 radical (unpaired) electrons. The lowest BCUT2D eigenvalue weighted by Crippen LogP contribution is -2.46. The monoisotopic (exact) mass is 274 g/mol. The Morgan fingerprint density at radius 2 is 2.06 bits per heavy atom. The SMILES string of the molecule is CC(C)(CO)NS(=O)(=O)c1cccc([N+](=O)[O-])c1. The molecule has 1 aromatic rings. The van der Waals surface area contributed by atoms with Crippen LogP contribution in [-0.4, -0.2) is 30.6 Å². The van der Waals surface area contributed by atoms with E-state index in [1.54, 1.807) is 0 Å². The minimum absolute atomic E-state index is 0.210. The van der Waals surface area contributed by atoms with Gasteiger partial charge in [0.2, 0.25) is 10.0 Å². The number of hydrogen-bond donors (Lipinski definition) is 2. The number of nitro benzene ring substituents is 1. The van der Waals surface area contributed by atoms with E-state index >= 15 is 0 Å². The Hall–Kier alpha value is -1.51. The molecule has 0 aliphatic heterocycles. The molecule has 1 rings (SSSR count). The van der Waals surface area contributed by atoms with E-state index < -0.39 is 20.5 Å². The van der Waals surface area contributed by atoms with E-state index in [1.165, 1.54) is 32.0 Å². The van der Waals surface area contributed by atoms with Crippen molar-refractivity contribution in [3.8, 4) is 0 Å². The van der Waals surface area contributed by atoms with Gasteiger partial charge in [-0.1, -0.05) is 6.07 Å². The van der Waals surface area contributed by atoms with Crippen molar-refractivity contribution in [3.63, 3.8) is 0 Å². The number of non-ortho nitro benzene ring substituents is 1. The fraction of sp³-hybridized carbons (Fsp3) is 0.400. The third kappa shape index (κ3) is 3.49. The summed E-state index contributed by atoms with van der Waals surface area (Å²) < 4.78 is 26.1. The summed E-state index contributed by atoms with van der Waals surface area (Å²) >= 11 is 0. The van der Waals surface area contributed by atoms with Crippen LogP contribution in [0.5, 0.6) is 0 Å². The van der Waals surface area contributed by atoms with Crippen molar-refractivity contribution >= 4 is 15.7 Å². The molecular weight excluding hydrogens is 260 g/mol. The number of sulfonamides is 1. The topological polar surface area (TPSA) is 110 Å². The van der Waals surface area contributed by atoms with Crippen LogP contribution in [-0.2, 0) is 10.0 Å². The van der Waals surface area contributed by atoms with Gasteiger partial charge in [0.1, 0.15) is 0 Å². The summed E-state index contributed by atoms with van der Waals surface area (Å²) in [5, 5.41) is 19.6. The largest absolute Gasteiger partial charge is 0.394 e. The number of benzene rings is 1. The molecule has 100 valence electrons. The number of aliphatic hydroxyl groups excluding tert-OH is 1. The van der Waals surface area contributed by atoms with Crippen LogP contribution in [0.25, 0.3) is 0 Å². The molecule has 0 saturated heterocycles. The normalized spacial score (nSPS) is 12.4. The van der Waals surface area contributed by atoms with E-state index in [-0.39, 0.29) is 17.2 Å². The zero-order chi connectivity index (χ0) is 14.0. The van der Waals surface area contributed by atoms with E-state index in [2.05, 4.69) is 4.72 Å². The average molecular weight is 274 g/mol. The fourth-order valence-electron chi connectivity index (χ4n) is 1.22. The molecule has 8 heteroatoms. The number of nitrogens with zero attached hydrogens (tertiary/aromatic N) is 1. The molecule has 0 fully saturated rings. The van der Waals surface area contributed by atoms with Crippen LogP contribution >= 0.6 is 0 Å². The van der Waals surface area contributed by atoms with Crippen molar-refractivity contribution in [3.05, 3.63) is 34.4 Å². The van der Waals surface area contributed by atoms with Gasteiger partial charge in [-0.25, -0.2) is 13.1 Å². The van der Waals surface area contributed by atoms with Crippen LogP contribution in [0.3, 0.4) is 0 Å². The highest BCUT2D eigenvalue weighted by molar-refractivity contribution is 7.89. The highest BCUT2D eigenvalue weighted by Gasteiger charge is 2.26. The lowest BCUT2D eigenvalue weighted by atomic mass is 10.1. The molecule has 0 saturated carbocycles. The Kier molecular flexibility index (Phi) is 4.05. The molecule has 2 N–H and O–H groups in total. The maximum absolute atomic E-state index is 11.9. The van der Waals surface area contributed by atoms with Crippen molar-refractivity contribution < 1.29 is 18.4 Å². The molecule has 0 amide bonds. The van der Waals surface area contributed by atoms with Crippen molar-refractivity contribution in [2.24, 2.45) is 0 Å². The van der Waals surface area contributed by atoms with Gasteiger partial charge in [0, 0.05) is 12.1 Å². The van der Waals surface area contributed by atoms with Gasteiger partial charge in [0.25, 0.3) is 5.69 Å². The predicted molar refractivity (Wildman–Crippen MR) is 64.6 cm³/mol. The Morgan fingerprint density at radius 3 is 2.56 bits per heavy atom. The molecule has 0 unspecified atom stereocenters. The second-order valence-corrected chi connectivity index (χ2v) is 6.08. The lowest BCUT2D eigenvalue weighted by Gasteiger charge is -2.23. The van der Waals surface area contributed by atoms with E-state index in [9.17, 15) is 18.5 Å². The number of nitro groups is 1. The van der Waals surface area contributed by atoms with Gasteiger partial charge >= 0.3 is 0 Å². The van der Waals surface area contributed by atoms with Gasteiger partial charge in [-0.15, -0.1) is 0 Å². The van der Waals surface area contributed by atoms with E-state index in [4.69, 9.17) is 5.11 Å². The van der Waals surface area contributed by atoms with Crippen LogP contribution in [0.4, 0.5) is 5.69 Å². The first-order valence-corrected chi connectivity index (χ1v) is 6.55. The van der Waals surface area contributed by atoms with E-state index in [1.807, 2.05) is 0 Å². The molecule has 0 aromatic heterocycles. The molecule has 0 spiro atoms. The third-order valence-corrected chi connectivity index (χ3v) is 3.84. The van der Waals surface area contributed by atoms with E-state index in [0.717, 1.165) is 6.07 Å². The van der Waals surface area contributed by atoms with Crippen LogP contribution in [0.2, 0.25) is 0 Å². The number of rotatable bonds is 5. The quantitative estimate of drug-likeness (QED) is 0.605. The summed E-state index contributed by atoms with van der Waals surface area (Å²) in [4.78, 5) is 9.69. The highest BCUT2D eigenvalue weighted by Crippen LogP contribution is 2.18. The maximum atomic E-state index is 11.9. The number of nitrogens with one attached hydrogen (secondary N) is 1. The zero-order valence-electron chi connectivity index (χ0n) is 9.95. The standard InChI is InChI=1S/C10H14N2O5S/c1-10(2,7-13)11-18(16,17)9-5-3-4-8(6-9)12(14)15/h3-6,11,13H,7H2,1-2H3. The van der Waals surface area contributed by atoms with Crippen LogP contribution in [0, 0.1) is 10.1 Å². The van der Waals surface area contributed by atoms with Gasteiger partial charge in [0.05, 0.1) is 22.0 Å². The van der Waals surface area contributed by atoms with Crippen molar-refractivity contribution in [2.75, 3.05) is 6.61 Å². The summed E-state index contributed by atoms with van der Waals surface area (Å²) in [5.74, 6) is 0. The Labute approximate surface area is 105 Å². The van der Waals surface area contributed by atoms with Crippen LogP contribution < -0.4 is 4.72 Å². The molecule has 1 aromatic carbocycles. The number of aliphatic hydroxyl groups is 1. The van der Waals surface area contributed by atoms with E-state index in [0.29, 0.717) is 0 Å². The molecule has 18 heavy (non-hydrogen) atoms. The molecule has 0 bridgehead atoms. The third-order valence-electron chi connectivity index (χ3n) is 2.14. The second kappa shape index (κ2) is 5.01. The molecule has 7 nitrogen and oxygen atoms in total. The smallest absolute Gasteiger partial charge is 0.270 e. The first kappa shape index (κ1) is 14.6. The van der Waals surface area contributed by atoms with Crippen molar-refractivity contribution in [2.45, 2.75) is 24.3 Å². The predicted octanol–water partition coefficient (Wildman–Crippen LogP) is 0.644. The summed E-state index contributed by atoms with van der Waals surface area (Å²) in [6, 6.07) is 4.72. The summed E-state index contributed by atoms with van der Waals surface area (Å²) in [6.07, 6.45) is 0. The number of hydrogen-bond acceptors (Lipinski definition) is 5.